The summed E-state index contributed by atoms with van der Waals surface area (Å²) in [6.45, 7) is 5.26. The molecule has 3 atom stereocenters. The van der Waals surface area contributed by atoms with Crippen molar-refractivity contribution >= 4 is 23.9 Å². The van der Waals surface area contributed by atoms with E-state index in [0.29, 0.717) is 17.5 Å². The molecule has 1 saturated carbocycles. The van der Waals surface area contributed by atoms with Crippen molar-refractivity contribution in [2.45, 2.75) is 51.3 Å². The molecule has 1 aliphatic carbocycles. The van der Waals surface area contributed by atoms with Gasteiger partial charge in [0.05, 0.1) is 11.1 Å². The fourth-order valence-electron chi connectivity index (χ4n) is 4.35. The number of carbonyl (C=O) groups is 4. The number of imide groups is 1. The Balaban J connectivity index is 1.56. The van der Waals surface area contributed by atoms with Gasteiger partial charge >= 0.3 is 12.1 Å². The zero-order chi connectivity index (χ0) is 20.4. The van der Waals surface area contributed by atoms with Gasteiger partial charge in [-0.3, -0.25) is 19.4 Å². The van der Waals surface area contributed by atoms with Crippen molar-refractivity contribution in [2.24, 2.45) is 5.41 Å². The maximum absolute atomic E-state index is 12.7. The smallest absolute Gasteiger partial charge is 0.411 e. The molecule has 0 unspecified atom stereocenters. The van der Waals surface area contributed by atoms with E-state index < -0.39 is 29.1 Å². The lowest BCUT2D eigenvalue weighted by atomic mass is 9.99. The molecule has 148 valence electrons. The van der Waals surface area contributed by atoms with Gasteiger partial charge in [-0.05, 0) is 45.7 Å². The number of nitrogens with zero attached hydrogens (tertiary/aromatic N) is 2. The minimum atomic E-state index is -1.11. The lowest BCUT2D eigenvalue weighted by Crippen LogP contribution is -2.45. The highest BCUT2D eigenvalue weighted by molar-refractivity contribution is 6.21. The molecule has 8 nitrogen and oxygen atoms in total. The zero-order valence-corrected chi connectivity index (χ0v) is 16.0. The van der Waals surface area contributed by atoms with Crippen molar-refractivity contribution in [3.8, 4) is 0 Å². The van der Waals surface area contributed by atoms with Gasteiger partial charge in [0, 0.05) is 18.0 Å². The Labute approximate surface area is 162 Å². The van der Waals surface area contributed by atoms with E-state index in [1.54, 1.807) is 45.0 Å². The average molecular weight is 386 g/mol. The van der Waals surface area contributed by atoms with E-state index in [1.165, 1.54) is 9.80 Å². The second-order valence-corrected chi connectivity index (χ2v) is 8.77. The number of rotatable bonds is 3. The molecule has 1 N–H and O–H groups in total. The first-order valence-electron chi connectivity index (χ1n) is 9.23. The standard InChI is InChI=1S/C20H22N2O6/c1-19(2,3)28-18(27)22-13(17(25)26)8-20(9-14(20)22)10-21-15(23)11-6-4-5-7-12(11)16(21)24/h4-7,13-14H,8-10H2,1-3H3,(H,25,26)/t13-,14+,20-/m0/s1. The molecule has 0 radical (unpaired) electrons. The molecular weight excluding hydrogens is 364 g/mol. The normalized spacial score (nSPS) is 28.2. The highest BCUT2D eigenvalue weighted by atomic mass is 16.6. The zero-order valence-electron chi connectivity index (χ0n) is 16.0. The topological polar surface area (TPSA) is 104 Å². The number of benzene rings is 1. The lowest BCUT2D eigenvalue weighted by molar-refractivity contribution is -0.142. The summed E-state index contributed by atoms with van der Waals surface area (Å²) in [4.78, 5) is 52.1. The molecule has 0 aromatic heterocycles. The quantitative estimate of drug-likeness (QED) is 0.798. The van der Waals surface area contributed by atoms with Gasteiger partial charge in [0.1, 0.15) is 11.6 Å². The Morgan fingerprint density at radius 3 is 2.21 bits per heavy atom. The van der Waals surface area contributed by atoms with Crippen LogP contribution in [0.4, 0.5) is 4.79 Å². The summed E-state index contributed by atoms with van der Waals surface area (Å²) < 4.78 is 5.38. The molecule has 1 saturated heterocycles. The summed E-state index contributed by atoms with van der Waals surface area (Å²) in [6.07, 6.45) is 0.0648. The van der Waals surface area contributed by atoms with Crippen LogP contribution in [0, 0.1) is 5.41 Å². The number of fused-ring (bicyclic) bond motifs is 2. The van der Waals surface area contributed by atoms with Gasteiger partial charge in [0.25, 0.3) is 11.8 Å². The van der Waals surface area contributed by atoms with Crippen LogP contribution in [0.2, 0.25) is 0 Å². The summed E-state index contributed by atoms with van der Waals surface area (Å²) in [5.74, 6) is -1.86. The summed E-state index contributed by atoms with van der Waals surface area (Å²) in [5, 5.41) is 9.59. The number of likely N-dealkylation sites (tertiary alicyclic amines) is 1. The summed E-state index contributed by atoms with van der Waals surface area (Å²) in [5.41, 5.74) is -0.619. The molecule has 4 rings (SSSR count). The Hall–Kier alpha value is -2.90. The van der Waals surface area contributed by atoms with E-state index in [2.05, 4.69) is 0 Å². The Morgan fingerprint density at radius 2 is 1.71 bits per heavy atom. The molecule has 0 spiro atoms. The summed E-state index contributed by atoms with van der Waals surface area (Å²) in [6, 6.07) is 5.24. The average Bonchev–Trinajstić information content (AvgIpc) is 3.12. The van der Waals surface area contributed by atoms with Crippen LogP contribution < -0.4 is 0 Å². The first-order valence-corrected chi connectivity index (χ1v) is 9.23. The second kappa shape index (κ2) is 5.80. The van der Waals surface area contributed by atoms with Crippen molar-refractivity contribution in [1.82, 2.24) is 9.80 Å². The molecule has 3 amide bonds. The van der Waals surface area contributed by atoms with Crippen LogP contribution in [0.25, 0.3) is 0 Å². The molecule has 1 aromatic carbocycles. The molecule has 8 heteroatoms. The predicted octanol–water partition coefficient (Wildman–Crippen LogP) is 2.14. The maximum Gasteiger partial charge on any atom is 0.411 e. The first kappa shape index (κ1) is 18.5. The fraction of sp³-hybridized carbons (Fsp3) is 0.500. The number of hydrogen-bond acceptors (Lipinski definition) is 5. The number of aliphatic carboxylic acids is 1. The third kappa shape index (κ3) is 2.75. The van der Waals surface area contributed by atoms with Gasteiger partial charge in [-0.1, -0.05) is 12.1 Å². The third-order valence-corrected chi connectivity index (χ3v) is 5.66. The van der Waals surface area contributed by atoms with Crippen molar-refractivity contribution in [3.63, 3.8) is 0 Å². The van der Waals surface area contributed by atoms with Crippen molar-refractivity contribution < 1.29 is 29.0 Å². The highest BCUT2D eigenvalue weighted by Crippen LogP contribution is 2.60. The number of hydrogen-bond donors (Lipinski definition) is 1. The minimum Gasteiger partial charge on any atom is -0.480 e. The van der Waals surface area contributed by atoms with Crippen LogP contribution >= 0.6 is 0 Å². The number of carboxylic acids is 1. The fourth-order valence-corrected chi connectivity index (χ4v) is 4.35. The molecule has 28 heavy (non-hydrogen) atoms. The van der Waals surface area contributed by atoms with Crippen molar-refractivity contribution in [2.75, 3.05) is 6.54 Å². The van der Waals surface area contributed by atoms with E-state index in [0.717, 1.165) is 0 Å². The van der Waals surface area contributed by atoms with E-state index in [9.17, 15) is 24.3 Å². The predicted molar refractivity (Wildman–Crippen MR) is 96.8 cm³/mol. The minimum absolute atomic E-state index is 0.104. The molecule has 1 aromatic rings. The lowest BCUT2D eigenvalue weighted by Gasteiger charge is -2.28. The number of carbonyl (C=O) groups excluding carboxylic acids is 3. The number of ether oxygens (including phenoxy) is 1. The van der Waals surface area contributed by atoms with Crippen LogP contribution in [0.5, 0.6) is 0 Å². The summed E-state index contributed by atoms with van der Waals surface area (Å²) >= 11 is 0. The van der Waals surface area contributed by atoms with Gasteiger partial charge in [-0.15, -0.1) is 0 Å². The molecule has 2 aliphatic heterocycles. The Morgan fingerprint density at radius 1 is 1.14 bits per heavy atom. The molecule has 2 fully saturated rings. The highest BCUT2D eigenvalue weighted by Gasteiger charge is 2.69. The first-order chi connectivity index (χ1) is 13.0. The third-order valence-electron chi connectivity index (χ3n) is 5.66. The Bertz CT molecular complexity index is 869. The van der Waals surface area contributed by atoms with Gasteiger partial charge < -0.3 is 9.84 Å². The van der Waals surface area contributed by atoms with Crippen LogP contribution in [0.1, 0.15) is 54.3 Å². The molecular formula is C20H22N2O6. The van der Waals surface area contributed by atoms with E-state index in [1.807, 2.05) is 0 Å². The van der Waals surface area contributed by atoms with Crippen LogP contribution in [-0.4, -0.2) is 63.0 Å². The van der Waals surface area contributed by atoms with Crippen LogP contribution in [0.15, 0.2) is 24.3 Å². The van der Waals surface area contributed by atoms with Crippen LogP contribution in [-0.2, 0) is 9.53 Å². The number of amides is 3. The molecule has 0 bridgehead atoms. The Kier molecular flexibility index (Phi) is 3.82. The summed E-state index contributed by atoms with van der Waals surface area (Å²) in [7, 11) is 0. The van der Waals surface area contributed by atoms with Gasteiger partial charge in [0.2, 0.25) is 0 Å². The van der Waals surface area contributed by atoms with Gasteiger partial charge in [-0.25, -0.2) is 9.59 Å². The van der Waals surface area contributed by atoms with E-state index in [4.69, 9.17) is 4.74 Å². The van der Waals surface area contributed by atoms with E-state index >= 15 is 0 Å². The second-order valence-electron chi connectivity index (χ2n) is 8.77. The largest absolute Gasteiger partial charge is 0.480 e. The van der Waals surface area contributed by atoms with Gasteiger partial charge in [-0.2, -0.15) is 0 Å². The van der Waals surface area contributed by atoms with Crippen molar-refractivity contribution in [3.05, 3.63) is 35.4 Å². The number of carboxylic acid groups (broad SMARTS) is 1. The van der Waals surface area contributed by atoms with Crippen molar-refractivity contribution in [1.29, 1.82) is 0 Å². The molecule has 3 aliphatic rings. The molecule has 2 heterocycles. The SMILES string of the molecule is CC(C)(C)OC(=O)N1[C@H](C(=O)O)C[C@@]2(CN3C(=O)c4ccccc4C3=O)C[C@@H]12. The van der Waals surface area contributed by atoms with E-state index in [-0.39, 0.29) is 30.8 Å². The number of piperidine rings is 1. The monoisotopic (exact) mass is 386 g/mol. The maximum atomic E-state index is 12.7. The van der Waals surface area contributed by atoms with Gasteiger partial charge in [0.15, 0.2) is 0 Å². The van der Waals surface area contributed by atoms with Crippen LogP contribution in [0.3, 0.4) is 0 Å².